The Morgan fingerprint density at radius 3 is 2.39 bits per heavy atom. The minimum atomic E-state index is -3.73. The molecule has 1 amide bonds. The average molecular weight is 421 g/mol. The summed E-state index contributed by atoms with van der Waals surface area (Å²) in [5.74, 6) is -0.128. The molecule has 1 unspecified atom stereocenters. The third-order valence-corrected chi connectivity index (χ3v) is 8.61. The number of carbonyl (C=O) groups is 1. The second kappa shape index (κ2) is 7.97. The molecule has 5 nitrogen and oxygen atoms in total. The van der Waals surface area contributed by atoms with E-state index >= 15 is 0 Å². The summed E-state index contributed by atoms with van der Waals surface area (Å²) in [5, 5.41) is 2.01. The van der Waals surface area contributed by atoms with Crippen LogP contribution in [0.5, 0.6) is 0 Å². The lowest BCUT2D eigenvalue weighted by molar-refractivity contribution is -0.133. The number of sulfonamides is 1. The van der Waals surface area contributed by atoms with Crippen molar-refractivity contribution >= 4 is 27.3 Å². The van der Waals surface area contributed by atoms with Gasteiger partial charge < -0.3 is 4.90 Å². The molecule has 7 heteroatoms. The zero-order chi connectivity index (χ0) is 20.6. The van der Waals surface area contributed by atoms with Crippen LogP contribution in [0.2, 0.25) is 0 Å². The zero-order valence-electron chi connectivity index (χ0n) is 17.2. The molecule has 2 aromatic rings. The lowest BCUT2D eigenvalue weighted by Crippen LogP contribution is -2.46. The molecule has 1 aliphatic heterocycles. The highest BCUT2D eigenvalue weighted by molar-refractivity contribution is 7.89. The molecule has 0 saturated carbocycles. The van der Waals surface area contributed by atoms with Gasteiger partial charge in [0.2, 0.25) is 15.9 Å². The van der Waals surface area contributed by atoms with Gasteiger partial charge in [0.25, 0.3) is 0 Å². The molecule has 0 aliphatic carbocycles. The molecule has 0 N–H and O–H groups in total. The maximum Gasteiger partial charge on any atom is 0.244 e. The molecule has 0 spiro atoms. The first-order valence-electron chi connectivity index (χ1n) is 9.50. The van der Waals surface area contributed by atoms with Crippen molar-refractivity contribution in [3.05, 3.63) is 50.7 Å². The van der Waals surface area contributed by atoms with E-state index in [9.17, 15) is 13.2 Å². The first-order valence-corrected chi connectivity index (χ1v) is 11.8. The van der Waals surface area contributed by atoms with E-state index in [0.29, 0.717) is 30.8 Å². The first-order chi connectivity index (χ1) is 13.1. The summed E-state index contributed by atoms with van der Waals surface area (Å²) in [5.41, 5.74) is 3.66. The number of thiophene rings is 1. The van der Waals surface area contributed by atoms with Gasteiger partial charge in [0, 0.05) is 18.5 Å². The molecule has 0 radical (unpaired) electrons. The molecule has 1 aromatic carbocycles. The number of hydrogen-bond acceptors (Lipinski definition) is 4. The Kier molecular flexibility index (Phi) is 5.98. The van der Waals surface area contributed by atoms with E-state index in [-0.39, 0.29) is 5.91 Å². The topological polar surface area (TPSA) is 57.7 Å². The van der Waals surface area contributed by atoms with Crippen molar-refractivity contribution in [1.29, 1.82) is 0 Å². The van der Waals surface area contributed by atoms with Gasteiger partial charge in [-0.3, -0.25) is 4.79 Å². The fourth-order valence-corrected chi connectivity index (χ4v) is 7.10. The van der Waals surface area contributed by atoms with E-state index in [1.807, 2.05) is 51.3 Å². The Bertz CT molecular complexity index is 972. The molecule has 152 valence electrons. The summed E-state index contributed by atoms with van der Waals surface area (Å²) >= 11 is 1.62. The van der Waals surface area contributed by atoms with Gasteiger partial charge in [0.1, 0.15) is 6.04 Å². The van der Waals surface area contributed by atoms with Crippen LogP contribution in [-0.4, -0.2) is 43.2 Å². The van der Waals surface area contributed by atoms with E-state index in [1.54, 1.807) is 23.3 Å². The zero-order valence-corrected chi connectivity index (χ0v) is 18.8. The molecule has 1 aromatic heterocycles. The molecule has 0 bridgehead atoms. The molecule has 1 saturated heterocycles. The lowest BCUT2D eigenvalue weighted by atomic mass is 10.1. The summed E-state index contributed by atoms with van der Waals surface area (Å²) in [6, 6.07) is 5.18. The number of aryl methyl sites for hydroxylation is 4. The van der Waals surface area contributed by atoms with Gasteiger partial charge in [-0.15, -0.1) is 11.3 Å². The third-order valence-electron chi connectivity index (χ3n) is 5.39. The quantitative estimate of drug-likeness (QED) is 0.739. The second-order valence-corrected chi connectivity index (χ2v) is 10.6. The van der Waals surface area contributed by atoms with E-state index in [2.05, 4.69) is 0 Å². The molecular formula is C21H28N2O3S2. The lowest BCUT2D eigenvalue weighted by Gasteiger charge is -2.28. The fourth-order valence-electron chi connectivity index (χ4n) is 4.08. The standard InChI is InChI=1S/C21H28N2O3S2/c1-14-11-16(3)20(17(4)12-14)28(25,26)23-9-6-7-18(23)21(24)22(5)13-19-15(2)8-10-27-19/h8,10-12,18H,6-7,9,13H2,1-5H3. The minimum Gasteiger partial charge on any atom is -0.339 e. The van der Waals surface area contributed by atoms with Crippen molar-refractivity contribution in [1.82, 2.24) is 9.21 Å². The monoisotopic (exact) mass is 420 g/mol. The van der Waals surface area contributed by atoms with Gasteiger partial charge in [-0.1, -0.05) is 17.7 Å². The smallest absolute Gasteiger partial charge is 0.244 e. The highest BCUT2D eigenvalue weighted by atomic mass is 32.2. The minimum absolute atomic E-state index is 0.128. The van der Waals surface area contributed by atoms with Crippen LogP contribution in [0.25, 0.3) is 0 Å². The van der Waals surface area contributed by atoms with Crippen LogP contribution in [0, 0.1) is 27.7 Å². The van der Waals surface area contributed by atoms with Crippen molar-refractivity contribution in [2.75, 3.05) is 13.6 Å². The van der Waals surface area contributed by atoms with Crippen LogP contribution in [0.15, 0.2) is 28.5 Å². The fraction of sp³-hybridized carbons (Fsp3) is 0.476. The van der Waals surface area contributed by atoms with Crippen LogP contribution < -0.4 is 0 Å². The normalized spacial score (nSPS) is 17.8. The molecule has 1 aliphatic rings. The number of nitrogens with zero attached hydrogens (tertiary/aromatic N) is 2. The van der Waals surface area contributed by atoms with Crippen LogP contribution in [0.4, 0.5) is 0 Å². The largest absolute Gasteiger partial charge is 0.339 e. The molecule has 28 heavy (non-hydrogen) atoms. The number of likely N-dealkylation sites (N-methyl/N-ethyl adjacent to an activating group) is 1. The number of hydrogen-bond donors (Lipinski definition) is 0. The van der Waals surface area contributed by atoms with E-state index in [0.717, 1.165) is 27.1 Å². The predicted octanol–water partition coefficient (Wildman–Crippen LogP) is 3.79. The first kappa shape index (κ1) is 21.0. The second-order valence-electron chi connectivity index (χ2n) is 7.72. The Balaban J connectivity index is 1.88. The van der Waals surface area contributed by atoms with Gasteiger partial charge in [-0.2, -0.15) is 4.31 Å². The van der Waals surface area contributed by atoms with Crippen molar-refractivity contribution in [3.63, 3.8) is 0 Å². The summed E-state index contributed by atoms with van der Waals surface area (Å²) in [6.45, 7) is 8.53. The summed E-state index contributed by atoms with van der Waals surface area (Å²) in [7, 11) is -1.97. The van der Waals surface area contributed by atoms with Gasteiger partial charge in [-0.25, -0.2) is 8.42 Å². The van der Waals surface area contributed by atoms with Crippen molar-refractivity contribution in [3.8, 4) is 0 Å². The number of rotatable bonds is 5. The number of carbonyl (C=O) groups excluding carboxylic acids is 1. The Hall–Kier alpha value is -1.70. The van der Waals surface area contributed by atoms with E-state index in [1.165, 1.54) is 4.31 Å². The Morgan fingerprint density at radius 2 is 1.82 bits per heavy atom. The predicted molar refractivity (Wildman–Crippen MR) is 113 cm³/mol. The van der Waals surface area contributed by atoms with Gasteiger partial charge in [0.05, 0.1) is 11.4 Å². The molecular weight excluding hydrogens is 392 g/mol. The maximum atomic E-state index is 13.5. The molecule has 2 heterocycles. The van der Waals surface area contributed by atoms with Gasteiger partial charge in [-0.05, 0) is 68.7 Å². The summed E-state index contributed by atoms with van der Waals surface area (Å²) in [4.78, 5) is 16.3. The van der Waals surface area contributed by atoms with Crippen LogP contribution >= 0.6 is 11.3 Å². The SMILES string of the molecule is Cc1cc(C)c(S(=O)(=O)N2CCCC2C(=O)N(C)Cc2sccc2C)c(C)c1. The van der Waals surface area contributed by atoms with Crippen molar-refractivity contribution in [2.24, 2.45) is 0 Å². The van der Waals surface area contributed by atoms with Crippen LogP contribution in [0.1, 0.15) is 40.0 Å². The van der Waals surface area contributed by atoms with Gasteiger partial charge in [0.15, 0.2) is 0 Å². The molecule has 1 fully saturated rings. The van der Waals surface area contributed by atoms with Crippen LogP contribution in [-0.2, 0) is 21.4 Å². The van der Waals surface area contributed by atoms with Crippen molar-refractivity contribution < 1.29 is 13.2 Å². The Morgan fingerprint density at radius 1 is 1.18 bits per heavy atom. The number of benzene rings is 1. The summed E-state index contributed by atoms with van der Waals surface area (Å²) < 4.78 is 28.3. The highest BCUT2D eigenvalue weighted by Gasteiger charge is 2.41. The maximum absolute atomic E-state index is 13.5. The Labute approximate surface area is 172 Å². The van der Waals surface area contributed by atoms with Crippen molar-refractivity contribution in [2.45, 2.75) is 58.0 Å². The molecule has 1 atom stereocenters. The summed E-state index contributed by atoms with van der Waals surface area (Å²) in [6.07, 6.45) is 1.27. The number of amides is 1. The van der Waals surface area contributed by atoms with E-state index < -0.39 is 16.1 Å². The average Bonchev–Trinajstić information content (AvgIpc) is 3.23. The highest BCUT2D eigenvalue weighted by Crippen LogP contribution is 2.31. The van der Waals surface area contributed by atoms with Gasteiger partial charge >= 0.3 is 0 Å². The van der Waals surface area contributed by atoms with E-state index in [4.69, 9.17) is 0 Å². The van der Waals surface area contributed by atoms with Crippen LogP contribution in [0.3, 0.4) is 0 Å². The molecule has 3 rings (SSSR count). The third kappa shape index (κ3) is 3.88.